The molecule has 0 saturated heterocycles. The number of ketones is 1. The predicted octanol–water partition coefficient (Wildman–Crippen LogP) is 6.83. The average molecular weight is 403 g/mol. The van der Waals surface area contributed by atoms with Crippen LogP contribution in [0.2, 0.25) is 0 Å². The van der Waals surface area contributed by atoms with Gasteiger partial charge in [0.15, 0.2) is 5.78 Å². The molecule has 0 spiro atoms. The van der Waals surface area contributed by atoms with Crippen LogP contribution < -0.4 is 0 Å². The molecule has 1 fully saturated rings. The van der Waals surface area contributed by atoms with Gasteiger partial charge in [-0.05, 0) is 43.4 Å². The van der Waals surface area contributed by atoms with Gasteiger partial charge in [-0.3, -0.25) is 9.59 Å². The van der Waals surface area contributed by atoms with Crippen molar-refractivity contribution in [2.45, 2.75) is 91.9 Å². The van der Waals surface area contributed by atoms with Gasteiger partial charge in [-0.25, -0.2) is 0 Å². The van der Waals surface area contributed by atoms with Gasteiger partial charge in [0.2, 0.25) is 0 Å². The Labute approximate surface area is 178 Å². The molecule has 0 amide bonds. The van der Waals surface area contributed by atoms with E-state index >= 15 is 0 Å². The van der Waals surface area contributed by atoms with Crippen molar-refractivity contribution >= 4 is 11.8 Å². The molecule has 0 aromatic heterocycles. The second kappa shape index (κ2) is 12.9. The highest BCUT2D eigenvalue weighted by molar-refractivity contribution is 5.97. The molecular weight excluding hydrogens is 360 g/mol. The average Bonchev–Trinajstić information content (AvgIpc) is 2.69. The van der Waals surface area contributed by atoms with Crippen LogP contribution >= 0.6 is 0 Å². The second-order valence-corrected chi connectivity index (χ2v) is 9.67. The van der Waals surface area contributed by atoms with Crippen molar-refractivity contribution in [1.29, 1.82) is 0 Å². The van der Waals surface area contributed by atoms with Gasteiger partial charge in [0.1, 0.15) is 0 Å². The minimum absolute atomic E-state index is 0.0356. The molecule has 1 saturated carbocycles. The Balaban J connectivity index is 2.42. The van der Waals surface area contributed by atoms with Crippen molar-refractivity contribution in [3.63, 3.8) is 0 Å². The molecule has 3 nitrogen and oxygen atoms in total. The smallest absolute Gasteiger partial charge is 0.305 e. The third kappa shape index (κ3) is 9.17. The van der Waals surface area contributed by atoms with E-state index in [0.29, 0.717) is 25.0 Å². The molecule has 0 aliphatic heterocycles. The summed E-state index contributed by atoms with van der Waals surface area (Å²) in [6, 6.07) is 0. The fourth-order valence-electron chi connectivity index (χ4n) is 4.52. The van der Waals surface area contributed by atoms with Gasteiger partial charge in [0, 0.05) is 17.9 Å². The summed E-state index contributed by atoms with van der Waals surface area (Å²) in [7, 11) is 0. The fourth-order valence-corrected chi connectivity index (χ4v) is 4.52. The number of esters is 1. The normalized spacial score (nSPS) is 17.1. The first-order chi connectivity index (χ1) is 13.7. The van der Waals surface area contributed by atoms with E-state index in [9.17, 15) is 9.59 Å². The molecule has 0 bridgehead atoms. The minimum atomic E-state index is -0.252. The van der Waals surface area contributed by atoms with Gasteiger partial charge in [0.05, 0.1) is 6.61 Å². The van der Waals surface area contributed by atoms with E-state index in [1.165, 1.54) is 38.5 Å². The van der Waals surface area contributed by atoms with Gasteiger partial charge in [-0.2, -0.15) is 0 Å². The number of hydrogen-bond acceptors (Lipinski definition) is 3. The number of Topliss-reactive ketones (excluding diaryl/α,β-unsaturated/α-hetero) is 1. The summed E-state index contributed by atoms with van der Waals surface area (Å²) in [5, 5.41) is 0. The van der Waals surface area contributed by atoms with E-state index in [4.69, 9.17) is 4.74 Å². The highest BCUT2D eigenvalue weighted by Gasteiger charge is 2.37. The molecule has 29 heavy (non-hydrogen) atoms. The molecule has 164 valence electrons. The zero-order valence-corrected chi connectivity index (χ0v) is 19.2. The molecule has 1 rings (SSSR count). The summed E-state index contributed by atoms with van der Waals surface area (Å²) in [6.07, 6.45) is 12.9. The molecule has 0 radical (unpaired) electrons. The van der Waals surface area contributed by atoms with Crippen molar-refractivity contribution < 1.29 is 14.3 Å². The molecular formula is C26H42O3. The van der Waals surface area contributed by atoms with Gasteiger partial charge < -0.3 is 4.74 Å². The molecule has 2 atom stereocenters. The Morgan fingerprint density at radius 3 is 2.38 bits per heavy atom. The number of carbonyl (C=O) groups is 2. The highest BCUT2D eigenvalue weighted by atomic mass is 16.5. The Morgan fingerprint density at radius 2 is 1.83 bits per heavy atom. The maximum absolute atomic E-state index is 12.8. The summed E-state index contributed by atoms with van der Waals surface area (Å²) in [6.45, 7) is 15.9. The number of ether oxygens (including phenoxy) is 1. The van der Waals surface area contributed by atoms with E-state index in [1.807, 2.05) is 26.8 Å². The van der Waals surface area contributed by atoms with Crippen molar-refractivity contribution in [1.82, 2.24) is 0 Å². The van der Waals surface area contributed by atoms with E-state index in [0.717, 1.165) is 18.8 Å². The van der Waals surface area contributed by atoms with Crippen LogP contribution in [-0.4, -0.2) is 18.4 Å². The molecule has 1 aliphatic rings. The van der Waals surface area contributed by atoms with Crippen LogP contribution in [0, 0.1) is 23.2 Å². The summed E-state index contributed by atoms with van der Waals surface area (Å²) in [4.78, 5) is 25.0. The minimum Gasteiger partial charge on any atom is -0.466 e. The molecule has 0 N–H and O–H groups in total. The maximum atomic E-state index is 12.8. The molecule has 2 unspecified atom stereocenters. The molecule has 0 heterocycles. The van der Waals surface area contributed by atoms with Crippen molar-refractivity contribution in [3.05, 3.63) is 30.5 Å². The van der Waals surface area contributed by atoms with E-state index < -0.39 is 0 Å². The largest absolute Gasteiger partial charge is 0.466 e. The lowest BCUT2D eigenvalue weighted by atomic mass is 9.68. The van der Waals surface area contributed by atoms with Crippen LogP contribution in [-0.2, 0) is 14.3 Å². The van der Waals surface area contributed by atoms with E-state index in [2.05, 4.69) is 18.9 Å². The molecule has 0 aromatic carbocycles. The Hall–Kier alpha value is -1.60. The van der Waals surface area contributed by atoms with E-state index in [1.54, 1.807) is 6.92 Å². The second-order valence-electron chi connectivity index (χ2n) is 9.67. The Bertz CT molecular complexity index is 584. The van der Waals surface area contributed by atoms with Crippen molar-refractivity contribution in [2.24, 2.45) is 23.2 Å². The summed E-state index contributed by atoms with van der Waals surface area (Å²) < 4.78 is 5.44. The lowest BCUT2D eigenvalue weighted by Crippen LogP contribution is -2.35. The van der Waals surface area contributed by atoms with Gasteiger partial charge in [-0.1, -0.05) is 72.0 Å². The number of unbranched alkanes of at least 4 members (excludes halogenated alkanes) is 1. The summed E-state index contributed by atoms with van der Waals surface area (Å²) in [5.41, 5.74) is 3.02. The molecule has 1 aliphatic carbocycles. The quantitative estimate of drug-likeness (QED) is 0.118. The van der Waals surface area contributed by atoms with Crippen LogP contribution in [0.4, 0.5) is 0 Å². The third-order valence-corrected chi connectivity index (χ3v) is 6.26. The zero-order chi connectivity index (χ0) is 21.9. The van der Waals surface area contributed by atoms with Crippen LogP contribution in [0.25, 0.3) is 0 Å². The lowest BCUT2D eigenvalue weighted by molar-refractivity contribution is -0.144. The standard InChI is InChI=1S/C26H42O3/c1-7-20(3)25(28)24(26(4,5)6)22(8-2)17-18-23(27)29-19-13-12-16-21-14-10-9-11-15-21/h8,21-22,24H,1-2,9-19H2,3-6H3. The lowest BCUT2D eigenvalue weighted by Gasteiger charge is -2.34. The zero-order valence-electron chi connectivity index (χ0n) is 19.2. The van der Waals surface area contributed by atoms with Crippen LogP contribution in [0.15, 0.2) is 30.5 Å². The van der Waals surface area contributed by atoms with Crippen molar-refractivity contribution in [2.75, 3.05) is 6.61 Å². The number of hydrogen-bond donors (Lipinski definition) is 0. The van der Waals surface area contributed by atoms with Crippen LogP contribution in [0.3, 0.4) is 0 Å². The maximum Gasteiger partial charge on any atom is 0.305 e. The topological polar surface area (TPSA) is 43.4 Å². The van der Waals surface area contributed by atoms with Crippen LogP contribution in [0.5, 0.6) is 0 Å². The monoisotopic (exact) mass is 402 g/mol. The van der Waals surface area contributed by atoms with Gasteiger partial charge in [0.25, 0.3) is 0 Å². The highest BCUT2D eigenvalue weighted by Crippen LogP contribution is 2.37. The SMILES string of the molecule is C=C=C(C)C(=O)C(C(C=C)CCC(=O)OCCCCC1CCCCC1)C(C)(C)C. The summed E-state index contributed by atoms with van der Waals surface area (Å²) >= 11 is 0. The van der Waals surface area contributed by atoms with Crippen LogP contribution in [0.1, 0.15) is 91.9 Å². The van der Waals surface area contributed by atoms with Gasteiger partial charge in [-0.15, -0.1) is 12.3 Å². The first-order valence-electron chi connectivity index (χ1n) is 11.4. The number of carbonyl (C=O) groups excluding carboxylic acids is 2. The molecule has 0 aromatic rings. The van der Waals surface area contributed by atoms with E-state index in [-0.39, 0.29) is 29.0 Å². The summed E-state index contributed by atoms with van der Waals surface area (Å²) in [5.74, 6) is 0.411. The molecule has 3 heteroatoms. The van der Waals surface area contributed by atoms with Gasteiger partial charge >= 0.3 is 5.97 Å². The predicted molar refractivity (Wildman–Crippen MR) is 121 cm³/mol. The fraction of sp³-hybridized carbons (Fsp3) is 0.731. The van der Waals surface area contributed by atoms with Crippen molar-refractivity contribution in [3.8, 4) is 0 Å². The third-order valence-electron chi connectivity index (χ3n) is 6.26. The first kappa shape index (κ1) is 25.4. The number of rotatable bonds is 12. The Morgan fingerprint density at radius 1 is 1.17 bits per heavy atom. The first-order valence-corrected chi connectivity index (χ1v) is 11.4. The number of allylic oxidation sites excluding steroid dienone is 2. The Kier molecular flexibility index (Phi) is 11.3.